The van der Waals surface area contributed by atoms with E-state index in [9.17, 15) is 18.0 Å². The maximum absolute atomic E-state index is 12.8. The Morgan fingerprint density at radius 1 is 1.16 bits per heavy atom. The molecule has 0 aliphatic rings. The Morgan fingerprint density at radius 3 is 2.52 bits per heavy atom. The van der Waals surface area contributed by atoms with Crippen LogP contribution < -0.4 is 19.9 Å². The Hall–Kier alpha value is -3.33. The van der Waals surface area contributed by atoms with E-state index in [1.54, 1.807) is 26.2 Å². The van der Waals surface area contributed by atoms with Gasteiger partial charge in [0.05, 0.1) is 13.4 Å². The summed E-state index contributed by atoms with van der Waals surface area (Å²) >= 11 is 0. The van der Waals surface area contributed by atoms with Crippen LogP contribution in [0.2, 0.25) is 0 Å². The van der Waals surface area contributed by atoms with Gasteiger partial charge in [0.2, 0.25) is 0 Å². The lowest BCUT2D eigenvalue weighted by Crippen LogP contribution is -2.21. The SMILES string of the molecule is CCCc1c(OC)ccc2cc(C(=O)Nc3ccc(OS(C)(=O)=O)cc3C)c(=O)oc12. The van der Waals surface area contributed by atoms with Crippen molar-refractivity contribution < 1.29 is 26.5 Å². The van der Waals surface area contributed by atoms with Gasteiger partial charge >= 0.3 is 15.7 Å². The van der Waals surface area contributed by atoms with Gasteiger partial charge in [0.1, 0.15) is 22.6 Å². The number of methoxy groups -OCH3 is 1. The monoisotopic (exact) mass is 445 g/mol. The van der Waals surface area contributed by atoms with Gasteiger partial charge in [-0.2, -0.15) is 8.42 Å². The standard InChI is InChI=1S/C22H23NO7S/c1-5-6-16-19(28-3)10-7-14-12-17(22(25)29-20(14)16)21(24)23-18-9-8-15(11-13(18)2)30-31(4,26)27/h7-12H,5-6H2,1-4H3,(H,23,24). The van der Waals surface area contributed by atoms with Gasteiger partial charge in [0, 0.05) is 16.6 Å². The Balaban J connectivity index is 1.94. The summed E-state index contributed by atoms with van der Waals surface area (Å²) in [6.07, 6.45) is 2.44. The first kappa shape index (κ1) is 22.4. The van der Waals surface area contributed by atoms with Crippen LogP contribution in [-0.4, -0.2) is 27.7 Å². The Labute approximate surface area is 179 Å². The minimum atomic E-state index is -3.66. The molecule has 0 saturated heterocycles. The fraction of sp³-hybridized carbons (Fsp3) is 0.273. The van der Waals surface area contributed by atoms with Crippen LogP contribution in [0.5, 0.6) is 11.5 Å². The molecule has 0 atom stereocenters. The van der Waals surface area contributed by atoms with Crippen molar-refractivity contribution in [3.63, 3.8) is 0 Å². The minimum Gasteiger partial charge on any atom is -0.496 e. The van der Waals surface area contributed by atoms with Crippen molar-refractivity contribution in [1.82, 2.24) is 0 Å². The van der Waals surface area contributed by atoms with Crippen LogP contribution in [0.3, 0.4) is 0 Å². The number of aryl methyl sites for hydroxylation is 2. The van der Waals surface area contributed by atoms with E-state index < -0.39 is 21.7 Å². The van der Waals surface area contributed by atoms with E-state index in [2.05, 4.69) is 5.32 Å². The topological polar surface area (TPSA) is 112 Å². The molecule has 3 rings (SSSR count). The summed E-state index contributed by atoms with van der Waals surface area (Å²) in [6, 6.07) is 9.39. The molecule has 1 amide bonds. The van der Waals surface area contributed by atoms with Crippen molar-refractivity contribution >= 4 is 32.7 Å². The first-order chi connectivity index (χ1) is 14.6. The van der Waals surface area contributed by atoms with Crippen molar-refractivity contribution in [2.24, 2.45) is 0 Å². The second-order valence-corrected chi connectivity index (χ2v) is 8.66. The molecular formula is C22H23NO7S. The van der Waals surface area contributed by atoms with Crippen LogP contribution in [0, 0.1) is 6.92 Å². The van der Waals surface area contributed by atoms with Gasteiger partial charge in [-0.3, -0.25) is 4.79 Å². The van der Waals surface area contributed by atoms with Gasteiger partial charge in [-0.25, -0.2) is 4.79 Å². The predicted molar refractivity (Wildman–Crippen MR) is 118 cm³/mol. The fourth-order valence-electron chi connectivity index (χ4n) is 3.25. The molecule has 31 heavy (non-hydrogen) atoms. The number of amides is 1. The maximum Gasteiger partial charge on any atom is 0.349 e. The zero-order valence-electron chi connectivity index (χ0n) is 17.6. The second kappa shape index (κ2) is 8.81. The van der Waals surface area contributed by atoms with E-state index in [-0.39, 0.29) is 11.3 Å². The molecule has 3 aromatic rings. The molecule has 0 unspecified atom stereocenters. The summed E-state index contributed by atoms with van der Waals surface area (Å²) < 4.78 is 38.2. The van der Waals surface area contributed by atoms with Crippen LogP contribution in [0.4, 0.5) is 5.69 Å². The number of anilines is 1. The first-order valence-corrected chi connectivity index (χ1v) is 11.4. The molecular weight excluding hydrogens is 422 g/mol. The molecule has 0 fully saturated rings. The summed E-state index contributed by atoms with van der Waals surface area (Å²) in [7, 11) is -2.11. The van der Waals surface area contributed by atoms with Gasteiger partial charge < -0.3 is 18.7 Å². The van der Waals surface area contributed by atoms with E-state index >= 15 is 0 Å². The van der Waals surface area contributed by atoms with E-state index in [4.69, 9.17) is 13.3 Å². The van der Waals surface area contributed by atoms with Crippen molar-refractivity contribution in [2.75, 3.05) is 18.7 Å². The average molecular weight is 445 g/mol. The summed E-state index contributed by atoms with van der Waals surface area (Å²) in [5.41, 5.74) is 1.26. The zero-order chi connectivity index (χ0) is 22.8. The van der Waals surface area contributed by atoms with E-state index in [0.29, 0.717) is 34.4 Å². The van der Waals surface area contributed by atoms with Crippen molar-refractivity contribution in [2.45, 2.75) is 26.7 Å². The predicted octanol–water partition coefficient (Wildman–Crippen LogP) is 3.65. The highest BCUT2D eigenvalue weighted by Gasteiger charge is 2.18. The first-order valence-electron chi connectivity index (χ1n) is 9.58. The number of benzene rings is 2. The molecule has 0 aliphatic carbocycles. The van der Waals surface area contributed by atoms with Crippen LogP contribution in [0.25, 0.3) is 11.0 Å². The summed E-state index contributed by atoms with van der Waals surface area (Å²) in [5.74, 6) is 0.116. The van der Waals surface area contributed by atoms with E-state index in [1.807, 2.05) is 6.92 Å². The molecule has 2 aromatic carbocycles. The molecule has 0 spiro atoms. The number of ether oxygens (including phenoxy) is 1. The number of rotatable bonds is 7. The van der Waals surface area contributed by atoms with Gasteiger partial charge in [0.25, 0.3) is 5.91 Å². The normalized spacial score (nSPS) is 11.4. The lowest BCUT2D eigenvalue weighted by Gasteiger charge is -2.12. The minimum absolute atomic E-state index is 0.126. The third-order valence-electron chi connectivity index (χ3n) is 4.62. The van der Waals surface area contributed by atoms with E-state index in [0.717, 1.165) is 18.2 Å². The third kappa shape index (κ3) is 5.05. The molecule has 0 radical (unpaired) electrons. The highest BCUT2D eigenvalue weighted by Crippen LogP contribution is 2.29. The van der Waals surface area contributed by atoms with Crippen molar-refractivity contribution in [3.8, 4) is 11.5 Å². The lowest BCUT2D eigenvalue weighted by molar-refractivity contribution is 0.102. The smallest absolute Gasteiger partial charge is 0.349 e. The maximum atomic E-state index is 12.8. The Morgan fingerprint density at radius 2 is 1.90 bits per heavy atom. The number of hydrogen-bond acceptors (Lipinski definition) is 7. The molecule has 9 heteroatoms. The van der Waals surface area contributed by atoms with Crippen LogP contribution in [0.1, 0.15) is 34.8 Å². The summed E-state index contributed by atoms with van der Waals surface area (Å²) in [4.78, 5) is 25.3. The van der Waals surface area contributed by atoms with Crippen LogP contribution in [-0.2, 0) is 16.5 Å². The third-order valence-corrected chi connectivity index (χ3v) is 5.12. The zero-order valence-corrected chi connectivity index (χ0v) is 18.5. The molecule has 0 saturated carbocycles. The van der Waals surface area contributed by atoms with Crippen molar-refractivity contribution in [1.29, 1.82) is 0 Å². The molecule has 164 valence electrons. The number of carbonyl (C=O) groups excluding carboxylic acids is 1. The van der Waals surface area contributed by atoms with Gasteiger partial charge in [-0.05, 0) is 55.3 Å². The summed E-state index contributed by atoms with van der Waals surface area (Å²) in [6.45, 7) is 3.68. The molecule has 0 aliphatic heterocycles. The number of carbonyl (C=O) groups is 1. The Kier molecular flexibility index (Phi) is 6.35. The molecule has 8 nitrogen and oxygen atoms in total. The highest BCUT2D eigenvalue weighted by molar-refractivity contribution is 7.86. The fourth-order valence-corrected chi connectivity index (χ4v) is 3.71. The molecule has 0 bridgehead atoms. The molecule has 1 heterocycles. The number of nitrogens with one attached hydrogen (secondary N) is 1. The van der Waals surface area contributed by atoms with Gasteiger partial charge in [-0.15, -0.1) is 0 Å². The average Bonchev–Trinajstić information content (AvgIpc) is 2.69. The van der Waals surface area contributed by atoms with E-state index in [1.165, 1.54) is 24.3 Å². The quantitative estimate of drug-likeness (QED) is 0.436. The lowest BCUT2D eigenvalue weighted by atomic mass is 10.0. The molecule has 1 aromatic heterocycles. The summed E-state index contributed by atoms with van der Waals surface area (Å²) in [5, 5.41) is 3.27. The van der Waals surface area contributed by atoms with Gasteiger partial charge in [0.15, 0.2) is 0 Å². The molecule has 1 N–H and O–H groups in total. The highest BCUT2D eigenvalue weighted by atomic mass is 32.2. The largest absolute Gasteiger partial charge is 0.496 e. The van der Waals surface area contributed by atoms with Crippen molar-refractivity contribution in [3.05, 3.63) is 63.5 Å². The van der Waals surface area contributed by atoms with Gasteiger partial charge in [-0.1, -0.05) is 13.3 Å². The second-order valence-electron chi connectivity index (χ2n) is 7.08. The number of fused-ring (bicyclic) bond motifs is 1. The van der Waals surface area contributed by atoms with Crippen LogP contribution >= 0.6 is 0 Å². The van der Waals surface area contributed by atoms with Crippen LogP contribution in [0.15, 0.2) is 45.6 Å². The Bertz CT molecular complexity index is 1310. The number of hydrogen-bond donors (Lipinski definition) is 1.